The predicted molar refractivity (Wildman–Crippen MR) is 55.0 cm³/mol. The monoisotopic (exact) mass is 170 g/mol. The Hall–Kier alpha value is -0.660. The van der Waals surface area contributed by atoms with E-state index in [-0.39, 0.29) is 0 Å². The van der Waals surface area contributed by atoms with Crippen molar-refractivity contribution in [2.45, 2.75) is 33.7 Å². The summed E-state index contributed by atoms with van der Waals surface area (Å²) < 4.78 is 0. The Morgan fingerprint density at radius 3 is 2.00 bits per heavy atom. The first kappa shape index (κ1) is 11.3. The van der Waals surface area contributed by atoms with E-state index in [1.807, 2.05) is 13.8 Å². The van der Waals surface area contributed by atoms with Crippen LogP contribution in [0.25, 0.3) is 0 Å². The van der Waals surface area contributed by atoms with Crippen molar-refractivity contribution < 1.29 is 0 Å². The molecule has 0 saturated carbocycles. The highest BCUT2D eigenvalue weighted by molar-refractivity contribution is 4.88. The Morgan fingerprint density at radius 2 is 1.67 bits per heavy atom. The Bertz CT molecular complexity index is 130. The maximum Gasteiger partial charge on any atom is 0.0351 e. The lowest BCUT2D eigenvalue weighted by Gasteiger charge is -2.31. The molecular weight excluding hydrogens is 148 g/mol. The minimum absolute atomic E-state index is 0.643. The van der Waals surface area contributed by atoms with E-state index in [1.165, 1.54) is 0 Å². The second-order valence-electron chi connectivity index (χ2n) is 3.11. The highest BCUT2D eigenvalue weighted by Crippen LogP contribution is 2.04. The largest absolute Gasteiger partial charge is 0.377 e. The van der Waals surface area contributed by atoms with E-state index in [2.05, 4.69) is 43.1 Å². The third-order valence-electron chi connectivity index (χ3n) is 1.89. The van der Waals surface area contributed by atoms with Gasteiger partial charge >= 0.3 is 0 Å². The van der Waals surface area contributed by atoms with Gasteiger partial charge in [-0.25, -0.2) is 0 Å². The van der Waals surface area contributed by atoms with Crippen molar-refractivity contribution in [2.24, 2.45) is 0 Å². The molecule has 0 fully saturated rings. The Kier molecular flexibility index (Phi) is 5.60. The molecule has 0 aromatic rings. The second kappa shape index (κ2) is 5.92. The van der Waals surface area contributed by atoms with Crippen LogP contribution in [0, 0.1) is 0 Å². The van der Waals surface area contributed by atoms with Crippen molar-refractivity contribution in [3.8, 4) is 0 Å². The van der Waals surface area contributed by atoms with Gasteiger partial charge in [-0.2, -0.15) is 0 Å². The summed E-state index contributed by atoms with van der Waals surface area (Å²) in [6.45, 7) is 10.7. The van der Waals surface area contributed by atoms with Gasteiger partial charge in [-0.3, -0.25) is 0 Å². The van der Waals surface area contributed by atoms with Gasteiger partial charge in [-0.15, -0.1) is 0 Å². The maximum atomic E-state index is 2.35. The van der Waals surface area contributed by atoms with Gasteiger partial charge in [0, 0.05) is 38.6 Å². The molecule has 0 aliphatic carbocycles. The minimum atomic E-state index is 0.643. The molecule has 0 unspecified atom stereocenters. The summed E-state index contributed by atoms with van der Waals surface area (Å²) in [5.41, 5.74) is 0. The summed E-state index contributed by atoms with van der Waals surface area (Å²) >= 11 is 0. The molecule has 0 bridgehead atoms. The molecule has 72 valence electrons. The predicted octanol–water partition coefficient (Wildman–Crippen LogP) is 2.14. The van der Waals surface area contributed by atoms with E-state index >= 15 is 0 Å². The van der Waals surface area contributed by atoms with E-state index in [0.717, 1.165) is 13.1 Å². The van der Waals surface area contributed by atoms with Crippen molar-refractivity contribution in [1.82, 2.24) is 9.80 Å². The molecule has 2 heteroatoms. The molecule has 0 aromatic heterocycles. The van der Waals surface area contributed by atoms with E-state index in [9.17, 15) is 0 Å². The van der Waals surface area contributed by atoms with E-state index in [4.69, 9.17) is 0 Å². The van der Waals surface area contributed by atoms with Gasteiger partial charge in [0.15, 0.2) is 0 Å². The molecule has 12 heavy (non-hydrogen) atoms. The van der Waals surface area contributed by atoms with Crippen molar-refractivity contribution in [1.29, 1.82) is 0 Å². The van der Waals surface area contributed by atoms with Crippen LogP contribution in [-0.2, 0) is 0 Å². The lowest BCUT2D eigenvalue weighted by Crippen LogP contribution is -2.36. The molecule has 1 rings (SSSR count). The zero-order chi connectivity index (χ0) is 9.56. The van der Waals surface area contributed by atoms with Gasteiger partial charge in [0.05, 0.1) is 0 Å². The fourth-order valence-corrected chi connectivity index (χ4v) is 1.05. The molecule has 0 amide bonds. The lowest BCUT2D eigenvalue weighted by atomic mass is 10.3. The number of nitrogens with zero attached hydrogens (tertiary/aromatic N) is 2. The first-order chi connectivity index (χ1) is 5.70. The van der Waals surface area contributed by atoms with E-state index < -0.39 is 0 Å². The molecule has 1 aliphatic heterocycles. The topological polar surface area (TPSA) is 6.48 Å². The molecule has 1 heterocycles. The molecule has 2 nitrogen and oxygen atoms in total. The van der Waals surface area contributed by atoms with Crippen LogP contribution in [0.2, 0.25) is 0 Å². The SMILES string of the molecule is CC.CC(C)N1C=CN(C)CC1. The number of likely N-dealkylation sites (N-methyl/N-ethyl adjacent to an activating group) is 1. The van der Waals surface area contributed by atoms with Crippen LogP contribution in [0.4, 0.5) is 0 Å². The third-order valence-corrected chi connectivity index (χ3v) is 1.89. The van der Waals surface area contributed by atoms with Gasteiger partial charge in [0.2, 0.25) is 0 Å². The molecule has 0 atom stereocenters. The minimum Gasteiger partial charge on any atom is -0.377 e. The van der Waals surface area contributed by atoms with Crippen molar-refractivity contribution in [3.05, 3.63) is 12.4 Å². The number of rotatable bonds is 1. The van der Waals surface area contributed by atoms with Crippen molar-refractivity contribution in [3.63, 3.8) is 0 Å². The van der Waals surface area contributed by atoms with Crippen LogP contribution in [0.15, 0.2) is 12.4 Å². The first-order valence-electron chi connectivity index (χ1n) is 4.84. The Morgan fingerprint density at radius 1 is 1.08 bits per heavy atom. The van der Waals surface area contributed by atoms with Gasteiger partial charge < -0.3 is 9.80 Å². The second-order valence-corrected chi connectivity index (χ2v) is 3.11. The Balaban J connectivity index is 0.000000561. The average molecular weight is 170 g/mol. The van der Waals surface area contributed by atoms with Crippen LogP contribution in [0.5, 0.6) is 0 Å². The van der Waals surface area contributed by atoms with Crippen molar-refractivity contribution in [2.75, 3.05) is 20.1 Å². The van der Waals surface area contributed by atoms with Crippen LogP contribution >= 0.6 is 0 Å². The molecule has 0 saturated heterocycles. The fraction of sp³-hybridized carbons (Fsp3) is 0.800. The quantitative estimate of drug-likeness (QED) is 0.595. The molecule has 0 aromatic carbocycles. The van der Waals surface area contributed by atoms with Crippen LogP contribution in [-0.4, -0.2) is 36.0 Å². The van der Waals surface area contributed by atoms with E-state index in [0.29, 0.717) is 6.04 Å². The lowest BCUT2D eigenvalue weighted by molar-refractivity contribution is 0.249. The molecule has 1 aliphatic rings. The molecule has 0 radical (unpaired) electrons. The number of hydrogen-bond acceptors (Lipinski definition) is 2. The fourth-order valence-electron chi connectivity index (χ4n) is 1.05. The summed E-state index contributed by atoms with van der Waals surface area (Å²) in [5.74, 6) is 0. The van der Waals surface area contributed by atoms with Crippen molar-refractivity contribution >= 4 is 0 Å². The highest BCUT2D eigenvalue weighted by Gasteiger charge is 2.08. The maximum absolute atomic E-state index is 2.35. The molecular formula is C10H22N2. The van der Waals surface area contributed by atoms with Crippen LogP contribution in [0.1, 0.15) is 27.7 Å². The standard InChI is InChI=1S/C8H16N2.C2H6/c1-8(2)10-6-4-9(3)5-7-10;1-2/h4,6,8H,5,7H2,1-3H3;1-2H3. The molecule has 0 spiro atoms. The van der Waals surface area contributed by atoms with Gasteiger partial charge in [0.25, 0.3) is 0 Å². The van der Waals surface area contributed by atoms with Crippen LogP contribution < -0.4 is 0 Å². The zero-order valence-corrected chi connectivity index (χ0v) is 9.04. The average Bonchev–Trinajstić information content (AvgIpc) is 2.09. The molecule has 0 N–H and O–H groups in total. The van der Waals surface area contributed by atoms with Gasteiger partial charge in [-0.05, 0) is 13.8 Å². The third kappa shape index (κ3) is 3.65. The van der Waals surface area contributed by atoms with Gasteiger partial charge in [0.1, 0.15) is 0 Å². The van der Waals surface area contributed by atoms with Crippen LogP contribution in [0.3, 0.4) is 0 Å². The summed E-state index contributed by atoms with van der Waals surface area (Å²) in [7, 11) is 2.11. The smallest absolute Gasteiger partial charge is 0.0351 e. The zero-order valence-electron chi connectivity index (χ0n) is 9.04. The van der Waals surface area contributed by atoms with Gasteiger partial charge in [-0.1, -0.05) is 13.8 Å². The van der Waals surface area contributed by atoms with E-state index in [1.54, 1.807) is 0 Å². The summed E-state index contributed by atoms with van der Waals surface area (Å²) in [4.78, 5) is 4.55. The Labute approximate surface area is 76.9 Å². The number of hydrogen-bond donors (Lipinski definition) is 0. The normalized spacial score (nSPS) is 16.2. The highest BCUT2D eigenvalue weighted by atomic mass is 15.2. The summed E-state index contributed by atoms with van der Waals surface area (Å²) in [6.07, 6.45) is 4.29. The summed E-state index contributed by atoms with van der Waals surface area (Å²) in [5, 5.41) is 0. The summed E-state index contributed by atoms with van der Waals surface area (Å²) in [6, 6.07) is 0.643. The first-order valence-corrected chi connectivity index (χ1v) is 4.84.